The second-order valence-electron chi connectivity index (χ2n) is 8.48. The molecule has 2 aromatic carbocycles. The summed E-state index contributed by atoms with van der Waals surface area (Å²) >= 11 is 7.36. The molecule has 0 radical (unpaired) electrons. The highest BCUT2D eigenvalue weighted by atomic mass is 35.5. The van der Waals surface area contributed by atoms with E-state index in [-0.39, 0.29) is 29.8 Å². The quantitative estimate of drug-likeness (QED) is 0.413. The van der Waals surface area contributed by atoms with Gasteiger partial charge in [0.2, 0.25) is 11.8 Å². The minimum atomic E-state index is -0.655. The molecular weight excluding hydrogens is 450 g/mol. The third kappa shape index (κ3) is 8.16. The van der Waals surface area contributed by atoms with Gasteiger partial charge in [0.1, 0.15) is 6.04 Å². The maximum atomic E-state index is 13.1. The number of amides is 2. The molecular formula is C23H28ClN3O4S. The Morgan fingerprint density at radius 1 is 1.09 bits per heavy atom. The van der Waals surface area contributed by atoms with Crippen LogP contribution in [0.15, 0.2) is 48.5 Å². The van der Waals surface area contributed by atoms with Gasteiger partial charge in [-0.25, -0.2) is 0 Å². The lowest BCUT2D eigenvalue weighted by molar-refractivity contribution is -0.384. The van der Waals surface area contributed by atoms with E-state index in [4.69, 9.17) is 11.6 Å². The van der Waals surface area contributed by atoms with Crippen molar-refractivity contribution in [1.29, 1.82) is 0 Å². The number of halogens is 1. The van der Waals surface area contributed by atoms with Crippen LogP contribution < -0.4 is 5.32 Å². The number of hydrogen-bond acceptors (Lipinski definition) is 5. The lowest BCUT2D eigenvalue weighted by Crippen LogP contribution is -2.52. The average molecular weight is 478 g/mol. The van der Waals surface area contributed by atoms with Gasteiger partial charge in [0.15, 0.2) is 0 Å². The standard InChI is InChI=1S/C23H28ClN3O4S/c1-16(22(29)25-23(2,3)4)26(13-17-5-9-19(24)10-6-17)21(28)15-32-14-18-7-11-20(12-8-18)27(30)31/h5-12,16H,13-15H2,1-4H3,(H,25,29). The Balaban J connectivity index is 2.07. The maximum absolute atomic E-state index is 13.1. The summed E-state index contributed by atoms with van der Waals surface area (Å²) in [5.41, 5.74) is 1.38. The van der Waals surface area contributed by atoms with Crippen molar-refractivity contribution < 1.29 is 14.5 Å². The lowest BCUT2D eigenvalue weighted by Gasteiger charge is -2.31. The molecule has 7 nitrogen and oxygen atoms in total. The number of rotatable bonds is 9. The lowest BCUT2D eigenvalue weighted by atomic mass is 10.1. The van der Waals surface area contributed by atoms with E-state index in [1.54, 1.807) is 36.1 Å². The second kappa shape index (κ2) is 11.3. The topological polar surface area (TPSA) is 92.6 Å². The summed E-state index contributed by atoms with van der Waals surface area (Å²) in [6.45, 7) is 7.68. The van der Waals surface area contributed by atoms with E-state index < -0.39 is 16.5 Å². The predicted octanol–water partition coefficient (Wildman–Crippen LogP) is 4.81. The van der Waals surface area contributed by atoms with Crippen LogP contribution in [0.3, 0.4) is 0 Å². The van der Waals surface area contributed by atoms with Crippen molar-refractivity contribution in [2.45, 2.75) is 51.6 Å². The molecule has 0 heterocycles. The minimum Gasteiger partial charge on any atom is -0.350 e. The van der Waals surface area contributed by atoms with E-state index in [2.05, 4.69) is 5.32 Å². The third-order valence-corrected chi connectivity index (χ3v) is 5.81. The fraction of sp³-hybridized carbons (Fsp3) is 0.391. The molecule has 32 heavy (non-hydrogen) atoms. The molecule has 2 rings (SSSR count). The Hall–Kier alpha value is -2.58. The molecule has 0 aromatic heterocycles. The Morgan fingerprint density at radius 2 is 1.66 bits per heavy atom. The summed E-state index contributed by atoms with van der Waals surface area (Å²) in [5, 5.41) is 14.3. The van der Waals surface area contributed by atoms with Crippen molar-refractivity contribution in [2.24, 2.45) is 0 Å². The number of benzene rings is 2. The number of non-ortho nitro benzene ring substituents is 1. The first-order valence-electron chi connectivity index (χ1n) is 10.1. The molecule has 1 atom stereocenters. The molecule has 2 aromatic rings. The number of nitro benzene ring substituents is 1. The highest BCUT2D eigenvalue weighted by Gasteiger charge is 2.28. The number of hydrogen-bond donors (Lipinski definition) is 1. The van der Waals surface area contributed by atoms with Crippen LogP contribution >= 0.6 is 23.4 Å². The highest BCUT2D eigenvalue weighted by molar-refractivity contribution is 7.99. The Morgan fingerprint density at radius 3 is 2.19 bits per heavy atom. The van der Waals surface area contributed by atoms with E-state index in [1.807, 2.05) is 32.9 Å². The van der Waals surface area contributed by atoms with Crippen molar-refractivity contribution in [1.82, 2.24) is 10.2 Å². The highest BCUT2D eigenvalue weighted by Crippen LogP contribution is 2.19. The number of thioether (sulfide) groups is 1. The molecule has 0 aliphatic heterocycles. The fourth-order valence-electron chi connectivity index (χ4n) is 2.90. The van der Waals surface area contributed by atoms with Gasteiger partial charge < -0.3 is 10.2 Å². The summed E-state index contributed by atoms with van der Waals surface area (Å²) in [6, 6.07) is 12.8. The van der Waals surface area contributed by atoms with Gasteiger partial charge in [-0.15, -0.1) is 11.8 Å². The van der Waals surface area contributed by atoms with E-state index in [0.717, 1.165) is 11.1 Å². The first-order valence-corrected chi connectivity index (χ1v) is 11.7. The first-order chi connectivity index (χ1) is 15.0. The SMILES string of the molecule is CC(C(=O)NC(C)(C)C)N(Cc1ccc(Cl)cc1)C(=O)CSCc1ccc([N+](=O)[O-])cc1. The zero-order chi connectivity index (χ0) is 23.9. The molecule has 172 valence electrons. The molecule has 0 saturated heterocycles. The van der Waals surface area contributed by atoms with Gasteiger partial charge in [-0.2, -0.15) is 0 Å². The zero-order valence-corrected chi connectivity index (χ0v) is 20.2. The molecule has 0 saturated carbocycles. The van der Waals surface area contributed by atoms with Crippen LogP contribution in [0.1, 0.15) is 38.8 Å². The van der Waals surface area contributed by atoms with E-state index >= 15 is 0 Å². The number of carbonyl (C=O) groups is 2. The molecule has 2 amide bonds. The van der Waals surface area contributed by atoms with Gasteiger partial charge in [-0.3, -0.25) is 19.7 Å². The van der Waals surface area contributed by atoms with Gasteiger partial charge >= 0.3 is 0 Å². The van der Waals surface area contributed by atoms with E-state index in [0.29, 0.717) is 10.8 Å². The van der Waals surface area contributed by atoms with E-state index in [1.165, 1.54) is 23.9 Å². The van der Waals surface area contributed by atoms with Crippen LogP contribution in [-0.4, -0.2) is 39.0 Å². The van der Waals surface area contributed by atoms with Gasteiger partial charge in [-0.05, 0) is 51.0 Å². The van der Waals surface area contributed by atoms with Crippen molar-refractivity contribution in [3.8, 4) is 0 Å². The summed E-state index contributed by atoms with van der Waals surface area (Å²) < 4.78 is 0. The number of nitrogens with one attached hydrogen (secondary N) is 1. The number of nitrogens with zero attached hydrogens (tertiary/aromatic N) is 2. The van der Waals surface area contributed by atoms with Crippen LogP contribution in [0.2, 0.25) is 5.02 Å². The van der Waals surface area contributed by atoms with Gasteiger partial charge in [0.25, 0.3) is 5.69 Å². The van der Waals surface area contributed by atoms with Crippen LogP contribution in [0.25, 0.3) is 0 Å². The molecule has 9 heteroatoms. The van der Waals surface area contributed by atoms with Gasteiger partial charge in [0.05, 0.1) is 10.7 Å². The molecule has 1 unspecified atom stereocenters. The largest absolute Gasteiger partial charge is 0.350 e. The Kier molecular flexibility index (Phi) is 9.09. The zero-order valence-electron chi connectivity index (χ0n) is 18.6. The second-order valence-corrected chi connectivity index (χ2v) is 9.90. The molecule has 0 aliphatic carbocycles. The van der Waals surface area contributed by atoms with E-state index in [9.17, 15) is 19.7 Å². The Labute approximate surface area is 197 Å². The van der Waals surface area contributed by atoms with Crippen LogP contribution in [0.4, 0.5) is 5.69 Å². The average Bonchev–Trinajstić information content (AvgIpc) is 2.72. The molecule has 1 N–H and O–H groups in total. The number of carbonyl (C=O) groups excluding carboxylic acids is 2. The van der Waals surface area contributed by atoms with Crippen molar-refractivity contribution in [3.63, 3.8) is 0 Å². The van der Waals surface area contributed by atoms with Crippen molar-refractivity contribution >= 4 is 40.9 Å². The fourth-order valence-corrected chi connectivity index (χ4v) is 3.89. The maximum Gasteiger partial charge on any atom is 0.269 e. The minimum absolute atomic E-state index is 0.0302. The van der Waals surface area contributed by atoms with Crippen LogP contribution in [0.5, 0.6) is 0 Å². The smallest absolute Gasteiger partial charge is 0.269 e. The third-order valence-electron chi connectivity index (χ3n) is 4.57. The predicted molar refractivity (Wildman–Crippen MR) is 129 cm³/mol. The monoisotopic (exact) mass is 477 g/mol. The van der Waals surface area contributed by atoms with Crippen LogP contribution in [0, 0.1) is 10.1 Å². The van der Waals surface area contributed by atoms with Gasteiger partial charge in [-0.1, -0.05) is 35.9 Å². The molecule has 0 bridgehead atoms. The summed E-state index contributed by atoms with van der Waals surface area (Å²) in [4.78, 5) is 37.7. The van der Waals surface area contributed by atoms with Crippen molar-refractivity contribution in [2.75, 3.05) is 5.75 Å². The summed E-state index contributed by atoms with van der Waals surface area (Å²) in [6.07, 6.45) is 0. The van der Waals surface area contributed by atoms with Crippen molar-refractivity contribution in [3.05, 3.63) is 74.8 Å². The normalized spacial score (nSPS) is 12.2. The Bertz CT molecular complexity index is 943. The van der Waals surface area contributed by atoms with Gasteiger partial charge in [0, 0.05) is 35.0 Å². The van der Waals surface area contributed by atoms with Crippen LogP contribution in [-0.2, 0) is 21.9 Å². The molecule has 0 fully saturated rings. The summed E-state index contributed by atoms with van der Waals surface area (Å²) in [7, 11) is 0. The number of nitro groups is 1. The molecule has 0 aliphatic rings. The molecule has 0 spiro atoms. The first kappa shape index (κ1) is 25.7. The summed E-state index contributed by atoms with van der Waals surface area (Å²) in [5.74, 6) is 0.322.